The topological polar surface area (TPSA) is 88.0 Å². The lowest BCUT2D eigenvalue weighted by atomic mass is 10.2. The van der Waals surface area contributed by atoms with Crippen molar-refractivity contribution in [2.75, 3.05) is 25.9 Å². The van der Waals surface area contributed by atoms with Crippen LogP contribution in [0.4, 0.5) is 0 Å². The van der Waals surface area contributed by atoms with Gasteiger partial charge in [0.15, 0.2) is 0 Å². The molecule has 23 heavy (non-hydrogen) atoms. The molecule has 0 saturated carbocycles. The zero-order valence-electron chi connectivity index (χ0n) is 13.4. The fourth-order valence-corrected chi connectivity index (χ4v) is 3.80. The molecule has 0 aliphatic carbocycles. The molecule has 0 aliphatic rings. The predicted octanol–water partition coefficient (Wildman–Crippen LogP) is 2.42. The van der Waals surface area contributed by atoms with Crippen molar-refractivity contribution in [1.29, 1.82) is 0 Å². The Morgan fingerprint density at radius 1 is 1.22 bits per heavy atom. The Morgan fingerprint density at radius 2 is 1.78 bits per heavy atom. The molecule has 0 bridgehead atoms. The second kappa shape index (κ2) is 10.4. The average molecular weight is 366 g/mol. The highest BCUT2D eigenvalue weighted by Gasteiger charge is 2.34. The third-order valence-corrected chi connectivity index (χ3v) is 5.20. The molecule has 0 heterocycles. The number of hydrogen-bond donors (Lipinski definition) is 3. The monoisotopic (exact) mass is 365 g/mol. The molecule has 0 spiro atoms. The number of halogens is 1. The van der Waals surface area contributed by atoms with E-state index in [4.69, 9.17) is 21.1 Å². The number of nitrogens with one attached hydrogen (secondary N) is 1. The normalized spacial score (nSPS) is 15.6. The van der Waals surface area contributed by atoms with Gasteiger partial charge >= 0.3 is 0 Å². The standard InChI is InChI=1S/C15H25ClNO5P/c1-3-21-15(22-4-2)23(19,20)11-14(18)10-17-9-12-5-7-13(16)8-6-12/h5-8,14-15,17-18H,3-4,9-11H2,1-2H3,(H,19,20)/t14-/m1/s1. The fourth-order valence-electron chi connectivity index (χ4n) is 2.00. The molecule has 0 amide bonds. The molecule has 0 saturated heterocycles. The Balaban J connectivity index is 2.42. The Morgan fingerprint density at radius 3 is 2.30 bits per heavy atom. The van der Waals surface area contributed by atoms with Gasteiger partial charge in [-0.25, -0.2) is 0 Å². The van der Waals surface area contributed by atoms with Gasteiger partial charge in [-0.15, -0.1) is 0 Å². The van der Waals surface area contributed by atoms with Crippen molar-refractivity contribution in [2.24, 2.45) is 0 Å². The van der Waals surface area contributed by atoms with Gasteiger partial charge in [-0.2, -0.15) is 0 Å². The molecular weight excluding hydrogens is 341 g/mol. The van der Waals surface area contributed by atoms with Crippen molar-refractivity contribution in [3.63, 3.8) is 0 Å². The Kier molecular flexibility index (Phi) is 9.32. The molecular formula is C15H25ClNO5P. The highest BCUT2D eigenvalue weighted by Crippen LogP contribution is 2.47. The van der Waals surface area contributed by atoms with Gasteiger partial charge in [-0.1, -0.05) is 23.7 Å². The van der Waals surface area contributed by atoms with Gasteiger partial charge in [0.25, 0.3) is 7.37 Å². The maximum atomic E-state index is 12.3. The maximum absolute atomic E-state index is 12.3. The van der Waals surface area contributed by atoms with E-state index in [2.05, 4.69) is 5.32 Å². The number of rotatable bonds is 11. The predicted molar refractivity (Wildman–Crippen MR) is 90.9 cm³/mol. The highest BCUT2D eigenvalue weighted by atomic mass is 35.5. The van der Waals surface area contributed by atoms with E-state index in [0.29, 0.717) is 11.6 Å². The summed E-state index contributed by atoms with van der Waals surface area (Å²) in [5.74, 6) is 0. The molecule has 3 N–H and O–H groups in total. The smallest absolute Gasteiger partial charge is 0.257 e. The Labute approximate surface area is 142 Å². The molecule has 8 heteroatoms. The molecule has 1 aromatic carbocycles. The molecule has 1 rings (SSSR count). The minimum absolute atomic E-state index is 0.193. The van der Waals surface area contributed by atoms with Crippen LogP contribution in [0.1, 0.15) is 19.4 Å². The first-order valence-electron chi connectivity index (χ1n) is 7.57. The summed E-state index contributed by atoms with van der Waals surface area (Å²) < 4.78 is 22.6. The van der Waals surface area contributed by atoms with Crippen LogP contribution < -0.4 is 5.32 Å². The molecule has 0 radical (unpaired) electrons. The van der Waals surface area contributed by atoms with E-state index in [1.807, 2.05) is 12.1 Å². The van der Waals surface area contributed by atoms with Crippen LogP contribution in [0.15, 0.2) is 24.3 Å². The van der Waals surface area contributed by atoms with Crippen LogP contribution in [0.3, 0.4) is 0 Å². The zero-order valence-corrected chi connectivity index (χ0v) is 15.1. The first-order chi connectivity index (χ1) is 10.9. The van der Waals surface area contributed by atoms with Crippen LogP contribution in [0.25, 0.3) is 0 Å². The van der Waals surface area contributed by atoms with E-state index in [1.165, 1.54) is 0 Å². The molecule has 1 aromatic rings. The lowest BCUT2D eigenvalue weighted by molar-refractivity contribution is -0.0876. The lowest BCUT2D eigenvalue weighted by Gasteiger charge is -2.24. The molecule has 0 fully saturated rings. The third kappa shape index (κ3) is 7.77. The number of benzene rings is 1. The third-order valence-electron chi connectivity index (χ3n) is 3.04. The van der Waals surface area contributed by atoms with E-state index >= 15 is 0 Å². The summed E-state index contributed by atoms with van der Waals surface area (Å²) in [6.45, 7) is 4.69. The fraction of sp³-hybridized carbons (Fsp3) is 0.600. The molecule has 0 aliphatic heterocycles. The number of ether oxygens (including phenoxy) is 2. The van der Waals surface area contributed by atoms with Crippen molar-refractivity contribution in [3.05, 3.63) is 34.9 Å². The average Bonchev–Trinajstić information content (AvgIpc) is 2.48. The van der Waals surface area contributed by atoms with Crippen LogP contribution in [-0.2, 0) is 20.6 Å². The first kappa shape index (κ1) is 20.6. The first-order valence-corrected chi connectivity index (χ1v) is 9.86. The van der Waals surface area contributed by atoms with Crippen LogP contribution >= 0.6 is 19.0 Å². The van der Waals surface area contributed by atoms with Crippen LogP contribution in [0.2, 0.25) is 5.02 Å². The van der Waals surface area contributed by atoms with Crippen LogP contribution in [0.5, 0.6) is 0 Å². The summed E-state index contributed by atoms with van der Waals surface area (Å²) >= 11 is 5.81. The zero-order chi connectivity index (χ0) is 17.3. The van der Waals surface area contributed by atoms with Crippen molar-refractivity contribution < 1.29 is 24.0 Å². The van der Waals surface area contributed by atoms with Crippen LogP contribution in [0, 0.1) is 0 Å². The number of aliphatic hydroxyl groups excluding tert-OH is 1. The van der Waals surface area contributed by atoms with E-state index in [-0.39, 0.29) is 25.9 Å². The minimum Gasteiger partial charge on any atom is -0.391 e. The maximum Gasteiger partial charge on any atom is 0.257 e. The van der Waals surface area contributed by atoms with Gasteiger partial charge in [-0.05, 0) is 31.5 Å². The van der Waals surface area contributed by atoms with Gasteiger partial charge < -0.3 is 24.8 Å². The summed E-state index contributed by atoms with van der Waals surface area (Å²) in [7, 11) is -3.76. The van der Waals surface area contributed by atoms with Crippen molar-refractivity contribution in [2.45, 2.75) is 32.5 Å². The summed E-state index contributed by atoms with van der Waals surface area (Å²) in [5.41, 5.74) is 1.01. The van der Waals surface area contributed by atoms with Gasteiger partial charge in [0.1, 0.15) is 0 Å². The van der Waals surface area contributed by atoms with Crippen LogP contribution in [-0.4, -0.2) is 48.1 Å². The summed E-state index contributed by atoms with van der Waals surface area (Å²) in [4.78, 5) is 10.1. The highest BCUT2D eigenvalue weighted by molar-refractivity contribution is 7.58. The number of hydrogen-bond acceptors (Lipinski definition) is 5. The minimum atomic E-state index is -3.76. The van der Waals surface area contributed by atoms with Gasteiger partial charge in [0, 0.05) is 31.3 Å². The molecule has 132 valence electrons. The van der Waals surface area contributed by atoms with Crippen molar-refractivity contribution >= 4 is 19.0 Å². The molecule has 2 atom stereocenters. The Bertz CT molecular complexity index is 493. The number of aliphatic hydroxyl groups is 1. The van der Waals surface area contributed by atoms with Gasteiger partial charge in [0.2, 0.25) is 6.03 Å². The summed E-state index contributed by atoms with van der Waals surface area (Å²) in [6.07, 6.45) is -1.26. The Hall–Kier alpha value is -0.460. The van der Waals surface area contributed by atoms with E-state index in [1.54, 1.807) is 26.0 Å². The summed E-state index contributed by atoms with van der Waals surface area (Å²) in [5, 5.41) is 13.7. The molecule has 1 unspecified atom stereocenters. The summed E-state index contributed by atoms with van der Waals surface area (Å²) in [6, 6.07) is 6.12. The quantitative estimate of drug-likeness (QED) is 0.412. The van der Waals surface area contributed by atoms with Gasteiger partial charge in [0.05, 0.1) is 12.3 Å². The largest absolute Gasteiger partial charge is 0.391 e. The van der Waals surface area contributed by atoms with Gasteiger partial charge in [-0.3, -0.25) is 4.57 Å². The molecule has 6 nitrogen and oxygen atoms in total. The SMILES string of the molecule is CCOC(OCC)P(=O)(O)C[C@H](O)CNCc1ccc(Cl)cc1. The van der Waals surface area contributed by atoms with Crippen molar-refractivity contribution in [3.8, 4) is 0 Å². The second-order valence-corrected chi connectivity index (χ2v) is 7.80. The van der Waals surface area contributed by atoms with E-state index in [0.717, 1.165) is 5.56 Å². The molecule has 0 aromatic heterocycles. The second-order valence-electron chi connectivity index (χ2n) is 5.07. The lowest BCUT2D eigenvalue weighted by Crippen LogP contribution is -2.31. The van der Waals surface area contributed by atoms with Crippen molar-refractivity contribution in [1.82, 2.24) is 5.32 Å². The van der Waals surface area contributed by atoms with E-state index in [9.17, 15) is 14.6 Å². The van der Waals surface area contributed by atoms with E-state index < -0.39 is 19.5 Å².